The number of aromatic nitrogens is 3. The summed E-state index contributed by atoms with van der Waals surface area (Å²) in [5.41, 5.74) is -0.223. The van der Waals surface area contributed by atoms with E-state index in [2.05, 4.69) is 31.6 Å². The smallest absolute Gasteiger partial charge is 0.309 e. The number of hydrogen-bond donors (Lipinski definition) is 1. The van der Waals surface area contributed by atoms with Gasteiger partial charge in [-0.2, -0.15) is 13.2 Å². The van der Waals surface area contributed by atoms with Crippen molar-refractivity contribution < 1.29 is 13.2 Å². The zero-order valence-electron chi connectivity index (χ0n) is 11.4. The lowest BCUT2D eigenvalue weighted by atomic mass is 10.1. The Hall–Kier alpha value is -1.41. The number of rotatable bonds is 4. The monoisotopic (exact) mass is 362 g/mol. The molecule has 0 saturated heterocycles. The van der Waals surface area contributed by atoms with Crippen LogP contribution in [-0.2, 0) is 12.7 Å². The molecule has 8 heteroatoms. The highest BCUT2D eigenvalue weighted by molar-refractivity contribution is 9.10. The van der Waals surface area contributed by atoms with Gasteiger partial charge in [-0.25, -0.2) is 4.68 Å². The quantitative estimate of drug-likeness (QED) is 0.904. The molecule has 0 atom stereocenters. The number of halogens is 4. The first kappa shape index (κ1) is 16.0. The standard InChI is InChI=1S/C13H14BrF3N4/c1-8(2)18-6-10-7-21(20-19-10)12-4-3-9(14)5-11(12)13(15,16)17/h3-5,7-8,18H,6H2,1-2H3. The molecular weight excluding hydrogens is 349 g/mol. The first-order chi connectivity index (χ1) is 9.77. The van der Waals surface area contributed by atoms with Crippen LogP contribution in [0.1, 0.15) is 25.1 Å². The van der Waals surface area contributed by atoms with Gasteiger partial charge in [-0.1, -0.05) is 35.0 Å². The van der Waals surface area contributed by atoms with Gasteiger partial charge in [0.1, 0.15) is 0 Å². The predicted octanol–water partition coefficient (Wildman–Crippen LogP) is 3.55. The molecular formula is C13H14BrF3N4. The van der Waals surface area contributed by atoms with Crippen LogP contribution < -0.4 is 5.32 Å². The van der Waals surface area contributed by atoms with E-state index in [4.69, 9.17) is 0 Å². The van der Waals surface area contributed by atoms with Crippen LogP contribution in [0, 0.1) is 0 Å². The lowest BCUT2D eigenvalue weighted by Gasteiger charge is -2.12. The molecule has 0 spiro atoms. The molecule has 1 aromatic heterocycles. The maximum Gasteiger partial charge on any atom is 0.418 e. The van der Waals surface area contributed by atoms with Crippen LogP contribution >= 0.6 is 15.9 Å². The van der Waals surface area contributed by atoms with Gasteiger partial charge in [0.05, 0.1) is 23.1 Å². The van der Waals surface area contributed by atoms with Gasteiger partial charge >= 0.3 is 6.18 Å². The molecule has 21 heavy (non-hydrogen) atoms. The van der Waals surface area contributed by atoms with Crippen LogP contribution in [0.2, 0.25) is 0 Å². The Balaban J connectivity index is 2.34. The third kappa shape index (κ3) is 4.04. The molecule has 0 unspecified atom stereocenters. The van der Waals surface area contributed by atoms with Gasteiger partial charge in [0.25, 0.3) is 0 Å². The average Bonchev–Trinajstić information content (AvgIpc) is 2.84. The maximum absolute atomic E-state index is 13.1. The van der Waals surface area contributed by atoms with E-state index in [1.54, 1.807) is 0 Å². The average molecular weight is 363 g/mol. The lowest BCUT2D eigenvalue weighted by molar-refractivity contribution is -0.137. The molecule has 0 amide bonds. The third-order valence-electron chi connectivity index (χ3n) is 2.74. The number of hydrogen-bond acceptors (Lipinski definition) is 3. The summed E-state index contributed by atoms with van der Waals surface area (Å²) in [7, 11) is 0. The van der Waals surface area contributed by atoms with Gasteiger partial charge < -0.3 is 5.32 Å². The molecule has 2 aromatic rings. The van der Waals surface area contributed by atoms with E-state index >= 15 is 0 Å². The first-order valence-corrected chi connectivity index (χ1v) is 7.08. The van der Waals surface area contributed by atoms with Crippen LogP contribution in [0.25, 0.3) is 5.69 Å². The van der Waals surface area contributed by atoms with E-state index in [0.29, 0.717) is 16.7 Å². The van der Waals surface area contributed by atoms with Crippen LogP contribution in [0.5, 0.6) is 0 Å². The van der Waals surface area contributed by atoms with Crippen molar-refractivity contribution in [3.05, 3.63) is 40.1 Å². The van der Waals surface area contributed by atoms with E-state index in [1.807, 2.05) is 13.8 Å². The summed E-state index contributed by atoms with van der Waals surface area (Å²) in [6.07, 6.45) is -2.96. The van der Waals surface area contributed by atoms with Crippen molar-refractivity contribution in [2.24, 2.45) is 0 Å². The summed E-state index contributed by atoms with van der Waals surface area (Å²) in [5.74, 6) is 0. The van der Waals surface area contributed by atoms with Crippen molar-refractivity contribution in [3.8, 4) is 5.69 Å². The minimum Gasteiger partial charge on any atom is -0.309 e. The van der Waals surface area contributed by atoms with E-state index < -0.39 is 11.7 Å². The van der Waals surface area contributed by atoms with E-state index in [1.165, 1.54) is 18.3 Å². The first-order valence-electron chi connectivity index (χ1n) is 6.29. The molecule has 1 aromatic carbocycles. The second kappa shape index (κ2) is 6.15. The maximum atomic E-state index is 13.1. The molecule has 0 saturated carbocycles. The predicted molar refractivity (Wildman–Crippen MR) is 76.0 cm³/mol. The van der Waals surface area contributed by atoms with Crippen molar-refractivity contribution in [2.45, 2.75) is 32.6 Å². The van der Waals surface area contributed by atoms with Crippen LogP contribution in [0.4, 0.5) is 13.2 Å². The van der Waals surface area contributed by atoms with Gasteiger partial charge in [0.15, 0.2) is 0 Å². The molecule has 1 heterocycles. The Morgan fingerprint density at radius 1 is 1.33 bits per heavy atom. The zero-order chi connectivity index (χ0) is 15.6. The fraction of sp³-hybridized carbons (Fsp3) is 0.385. The fourth-order valence-electron chi connectivity index (χ4n) is 1.74. The number of benzene rings is 1. The largest absolute Gasteiger partial charge is 0.418 e. The second-order valence-corrected chi connectivity index (χ2v) is 5.76. The van der Waals surface area contributed by atoms with Crippen LogP contribution in [-0.4, -0.2) is 21.0 Å². The minimum atomic E-state index is -4.46. The fourth-order valence-corrected chi connectivity index (χ4v) is 2.10. The van der Waals surface area contributed by atoms with Crippen LogP contribution in [0.15, 0.2) is 28.9 Å². The highest BCUT2D eigenvalue weighted by atomic mass is 79.9. The Morgan fingerprint density at radius 3 is 2.67 bits per heavy atom. The van der Waals surface area contributed by atoms with Gasteiger partial charge in [0.2, 0.25) is 0 Å². The van der Waals surface area contributed by atoms with Gasteiger partial charge in [0, 0.05) is 17.1 Å². The Bertz CT molecular complexity index is 622. The van der Waals surface area contributed by atoms with E-state index in [-0.39, 0.29) is 11.7 Å². The lowest BCUT2D eigenvalue weighted by Crippen LogP contribution is -2.21. The third-order valence-corrected chi connectivity index (χ3v) is 3.24. The summed E-state index contributed by atoms with van der Waals surface area (Å²) < 4.78 is 40.7. The molecule has 114 valence electrons. The Kier molecular flexibility index (Phi) is 4.67. The van der Waals surface area contributed by atoms with Gasteiger partial charge in [-0.05, 0) is 18.2 Å². The Labute approximate surface area is 128 Å². The van der Waals surface area contributed by atoms with Crippen molar-refractivity contribution >= 4 is 15.9 Å². The molecule has 4 nitrogen and oxygen atoms in total. The molecule has 2 rings (SSSR count). The van der Waals surface area contributed by atoms with Crippen molar-refractivity contribution in [1.82, 2.24) is 20.3 Å². The highest BCUT2D eigenvalue weighted by Crippen LogP contribution is 2.35. The molecule has 0 bridgehead atoms. The topological polar surface area (TPSA) is 42.7 Å². The van der Waals surface area contributed by atoms with E-state index in [9.17, 15) is 13.2 Å². The molecule has 0 aliphatic heterocycles. The van der Waals surface area contributed by atoms with Crippen molar-refractivity contribution in [2.75, 3.05) is 0 Å². The summed E-state index contributed by atoms with van der Waals surface area (Å²) in [6.45, 7) is 4.40. The SMILES string of the molecule is CC(C)NCc1cn(-c2ccc(Br)cc2C(F)(F)F)nn1. The van der Waals surface area contributed by atoms with Gasteiger partial charge in [-0.15, -0.1) is 5.10 Å². The van der Waals surface area contributed by atoms with E-state index in [0.717, 1.165) is 10.7 Å². The minimum absolute atomic E-state index is 0.0472. The van der Waals surface area contributed by atoms with Crippen molar-refractivity contribution in [1.29, 1.82) is 0 Å². The second-order valence-electron chi connectivity index (χ2n) is 4.85. The molecule has 0 aliphatic carbocycles. The number of nitrogens with zero attached hydrogens (tertiary/aromatic N) is 3. The summed E-state index contributed by atoms with van der Waals surface area (Å²) in [4.78, 5) is 0. The van der Waals surface area contributed by atoms with Crippen molar-refractivity contribution in [3.63, 3.8) is 0 Å². The molecule has 0 fully saturated rings. The Morgan fingerprint density at radius 2 is 2.05 bits per heavy atom. The molecule has 1 N–H and O–H groups in total. The van der Waals surface area contributed by atoms with Gasteiger partial charge in [-0.3, -0.25) is 0 Å². The highest BCUT2D eigenvalue weighted by Gasteiger charge is 2.34. The molecule has 0 aliphatic rings. The number of nitrogens with one attached hydrogen (secondary N) is 1. The van der Waals surface area contributed by atoms with Crippen LogP contribution in [0.3, 0.4) is 0 Å². The number of alkyl halides is 3. The summed E-state index contributed by atoms with van der Waals surface area (Å²) in [5, 5.41) is 10.8. The summed E-state index contributed by atoms with van der Waals surface area (Å²) in [6, 6.07) is 4.19. The normalized spacial score (nSPS) is 12.1. The summed E-state index contributed by atoms with van der Waals surface area (Å²) >= 11 is 3.05. The molecule has 0 radical (unpaired) electrons. The zero-order valence-corrected chi connectivity index (χ0v) is 13.0.